The van der Waals surface area contributed by atoms with E-state index in [1.807, 2.05) is 4.90 Å². The molecular weight excluding hydrogens is 497 g/mol. The molecule has 3 aliphatic heterocycles. The predicted molar refractivity (Wildman–Crippen MR) is 132 cm³/mol. The number of rotatable bonds is 5. The van der Waals surface area contributed by atoms with Gasteiger partial charge in [-0.3, -0.25) is 0 Å². The van der Waals surface area contributed by atoms with E-state index in [2.05, 4.69) is 16.9 Å². The van der Waals surface area contributed by atoms with Crippen molar-refractivity contribution in [3.05, 3.63) is 53.1 Å². The van der Waals surface area contributed by atoms with Gasteiger partial charge in [0.25, 0.3) is 0 Å². The number of amidine groups is 2. The molecule has 4 rings (SSSR count). The predicted octanol–water partition coefficient (Wildman–Crippen LogP) is 3.88. The minimum Gasteiger partial charge on any atom is -0.493 e. The highest BCUT2D eigenvalue weighted by Crippen LogP contribution is 2.38. The van der Waals surface area contributed by atoms with Crippen molar-refractivity contribution in [3.8, 4) is 0 Å². The maximum absolute atomic E-state index is 13.8. The topological polar surface area (TPSA) is 92.6 Å². The normalized spacial score (nSPS) is 21.0. The number of benzene rings is 1. The van der Waals surface area contributed by atoms with Crippen LogP contribution in [0.25, 0.3) is 0 Å². The van der Waals surface area contributed by atoms with Crippen LogP contribution in [0.5, 0.6) is 0 Å². The van der Waals surface area contributed by atoms with E-state index in [9.17, 15) is 21.6 Å². The summed E-state index contributed by atoms with van der Waals surface area (Å²) < 4.78 is 77.2. The summed E-state index contributed by atoms with van der Waals surface area (Å²) in [4.78, 5) is 11.4. The lowest BCUT2D eigenvalue weighted by Gasteiger charge is -2.35. The first-order valence-electron chi connectivity index (χ1n) is 11.4. The van der Waals surface area contributed by atoms with Crippen molar-refractivity contribution < 1.29 is 31.1 Å². The van der Waals surface area contributed by atoms with Crippen LogP contribution < -0.4 is 5.32 Å². The molecule has 1 N–H and O–H groups in total. The number of nitrogens with one attached hydrogen (secondary N) is 1. The number of anilines is 1. The molecule has 0 aromatic heterocycles. The van der Waals surface area contributed by atoms with Crippen LogP contribution in [0.15, 0.2) is 46.4 Å². The summed E-state index contributed by atoms with van der Waals surface area (Å²) in [6.07, 6.45) is -2.08. The first-order chi connectivity index (χ1) is 16.7. The van der Waals surface area contributed by atoms with Gasteiger partial charge in [-0.15, -0.1) is 0 Å². The molecule has 3 aliphatic rings. The zero-order chi connectivity index (χ0) is 26.5. The van der Waals surface area contributed by atoms with Crippen molar-refractivity contribution in [1.82, 2.24) is 4.90 Å². The van der Waals surface area contributed by atoms with Gasteiger partial charge in [0.2, 0.25) is 0 Å². The first-order valence-corrected chi connectivity index (χ1v) is 13.3. The second kappa shape index (κ2) is 9.22. The van der Waals surface area contributed by atoms with Gasteiger partial charge in [0.1, 0.15) is 28.6 Å². The Kier molecular flexibility index (Phi) is 6.71. The number of fused-ring (bicyclic) bond motifs is 4. The van der Waals surface area contributed by atoms with Gasteiger partial charge < -0.3 is 19.7 Å². The number of sulfone groups is 1. The van der Waals surface area contributed by atoms with Gasteiger partial charge in [-0.25, -0.2) is 18.4 Å². The van der Waals surface area contributed by atoms with Gasteiger partial charge in [0.15, 0.2) is 15.7 Å². The Morgan fingerprint density at radius 1 is 1.22 bits per heavy atom. The van der Waals surface area contributed by atoms with E-state index >= 15 is 0 Å². The fraction of sp³-hybridized carbons (Fsp3) is 0.500. The number of morpholine rings is 1. The number of alkyl halides is 3. The molecule has 0 unspecified atom stereocenters. The average Bonchev–Trinajstić information content (AvgIpc) is 3.09. The van der Waals surface area contributed by atoms with Gasteiger partial charge in [0.05, 0.1) is 31.2 Å². The van der Waals surface area contributed by atoms with Crippen molar-refractivity contribution in [2.75, 3.05) is 37.9 Å². The monoisotopic (exact) mass is 526 g/mol. The maximum atomic E-state index is 13.8. The quantitative estimate of drug-likeness (QED) is 0.626. The molecule has 0 saturated carbocycles. The van der Waals surface area contributed by atoms with Crippen LogP contribution in [0.4, 0.5) is 18.9 Å². The standard InChI is InChI=1S/C24H29F3N4O4S/c1-6-28-18-10-15(24(25,26)27)9-17(14(18)2)22-29-20-11-19(21(30-22)23(3,4)36(5,32)33)35-13-16-12-34-8-7-31(16)20/h6,9-10,16,28H,1,7-8,11-13H2,2-5H3/t16-/m0/s1. The Balaban J connectivity index is 2.02. The van der Waals surface area contributed by atoms with Crippen molar-refractivity contribution in [2.24, 2.45) is 9.98 Å². The average molecular weight is 527 g/mol. The smallest absolute Gasteiger partial charge is 0.416 e. The van der Waals surface area contributed by atoms with Crippen molar-refractivity contribution in [2.45, 2.75) is 44.2 Å². The van der Waals surface area contributed by atoms with Crippen LogP contribution in [-0.2, 0) is 25.5 Å². The molecular formula is C24H29F3N4O4S. The maximum Gasteiger partial charge on any atom is 0.416 e. The number of hydrogen-bond donors (Lipinski definition) is 1. The molecule has 36 heavy (non-hydrogen) atoms. The second-order valence-corrected chi connectivity index (χ2v) is 12.0. The molecule has 0 spiro atoms. The van der Waals surface area contributed by atoms with Crippen molar-refractivity contribution in [3.63, 3.8) is 0 Å². The summed E-state index contributed by atoms with van der Waals surface area (Å²) in [6, 6.07) is 1.82. The Morgan fingerprint density at radius 3 is 2.58 bits per heavy atom. The highest BCUT2D eigenvalue weighted by Gasteiger charge is 2.42. The van der Waals surface area contributed by atoms with Crippen molar-refractivity contribution in [1.29, 1.82) is 0 Å². The molecule has 196 valence electrons. The van der Waals surface area contributed by atoms with Gasteiger partial charge in [-0.1, -0.05) is 6.58 Å². The zero-order valence-corrected chi connectivity index (χ0v) is 21.4. The van der Waals surface area contributed by atoms with Gasteiger partial charge in [0, 0.05) is 24.1 Å². The molecule has 8 nitrogen and oxygen atoms in total. The molecule has 0 aliphatic carbocycles. The molecule has 12 heteroatoms. The van der Waals surface area contributed by atoms with Crippen LogP contribution in [-0.4, -0.2) is 68.4 Å². The fourth-order valence-electron chi connectivity index (χ4n) is 4.33. The van der Waals surface area contributed by atoms with Crippen LogP contribution in [0.3, 0.4) is 0 Å². The molecule has 0 amide bonds. The molecule has 1 aromatic rings. The van der Waals surface area contributed by atoms with E-state index in [1.165, 1.54) is 20.0 Å². The van der Waals surface area contributed by atoms with Crippen LogP contribution in [0.1, 0.15) is 37.0 Å². The molecule has 1 aromatic carbocycles. The summed E-state index contributed by atoms with van der Waals surface area (Å²) in [5.74, 6) is 0.865. The molecule has 2 saturated heterocycles. The summed E-state index contributed by atoms with van der Waals surface area (Å²) in [5, 5.41) is 2.75. The lowest BCUT2D eigenvalue weighted by molar-refractivity contribution is -0.137. The highest BCUT2D eigenvalue weighted by atomic mass is 32.2. The Morgan fingerprint density at radius 2 is 1.94 bits per heavy atom. The third kappa shape index (κ3) is 4.75. The largest absolute Gasteiger partial charge is 0.493 e. The van der Waals surface area contributed by atoms with E-state index in [-0.39, 0.29) is 41.9 Å². The first kappa shape index (κ1) is 26.2. The van der Waals surface area contributed by atoms with Gasteiger partial charge in [-0.2, -0.15) is 13.2 Å². The minimum atomic E-state index is -4.63. The molecule has 2 bridgehead atoms. The number of nitrogens with zero attached hydrogens (tertiary/aromatic N) is 3. The van der Waals surface area contributed by atoms with E-state index in [4.69, 9.17) is 14.5 Å². The third-order valence-corrected chi connectivity index (χ3v) is 8.82. The lowest BCUT2D eigenvalue weighted by atomic mass is 10.0. The second-order valence-electron chi connectivity index (χ2n) is 9.47. The van der Waals surface area contributed by atoms with E-state index in [0.717, 1.165) is 18.4 Å². The van der Waals surface area contributed by atoms with E-state index in [0.29, 0.717) is 36.9 Å². The number of halogens is 3. The summed E-state index contributed by atoms with van der Waals surface area (Å²) >= 11 is 0. The lowest BCUT2D eigenvalue weighted by Crippen LogP contribution is -2.49. The van der Waals surface area contributed by atoms with Crippen LogP contribution in [0.2, 0.25) is 0 Å². The number of aliphatic imine (C=N–C) groups is 2. The molecule has 1 atom stereocenters. The van der Waals surface area contributed by atoms with Crippen LogP contribution >= 0.6 is 0 Å². The van der Waals surface area contributed by atoms with Crippen LogP contribution in [0, 0.1) is 6.92 Å². The summed E-state index contributed by atoms with van der Waals surface area (Å²) in [5.41, 5.74) is 0.00647. The summed E-state index contributed by atoms with van der Waals surface area (Å²) in [6.45, 7) is 9.83. The van der Waals surface area contributed by atoms with E-state index in [1.54, 1.807) is 6.92 Å². The van der Waals surface area contributed by atoms with E-state index < -0.39 is 26.3 Å². The Hall–Kier alpha value is -2.86. The van der Waals surface area contributed by atoms with Gasteiger partial charge >= 0.3 is 6.18 Å². The minimum absolute atomic E-state index is 0.0156. The molecule has 3 heterocycles. The zero-order valence-electron chi connectivity index (χ0n) is 20.6. The number of hydrogen-bond acceptors (Lipinski definition) is 8. The molecule has 2 fully saturated rings. The van der Waals surface area contributed by atoms with Gasteiger partial charge in [-0.05, 0) is 44.7 Å². The third-order valence-electron chi connectivity index (χ3n) is 6.78. The fourth-order valence-corrected chi connectivity index (χ4v) is 4.84. The highest BCUT2D eigenvalue weighted by molar-refractivity contribution is 7.92. The SMILES string of the molecule is C=CNc1cc(C(F)(F)F)cc(C2=NC(C(C)(C)S(C)(=O)=O)=C3CC(=N2)N2CCOC[C@H]2CO3)c1C. The Bertz CT molecular complexity index is 1280. The van der Waals surface area contributed by atoms with Crippen molar-refractivity contribution >= 4 is 27.2 Å². The molecule has 0 radical (unpaired) electrons. The Labute approximate surface area is 208 Å². The summed E-state index contributed by atoms with van der Waals surface area (Å²) in [7, 11) is -3.70. The number of ether oxygens (including phenoxy) is 2.